The average Bonchev–Trinajstić information content (AvgIpc) is 2.52. The van der Waals surface area contributed by atoms with E-state index in [1.807, 2.05) is 6.92 Å². The van der Waals surface area contributed by atoms with Crippen LogP contribution >= 0.6 is 0 Å². The van der Waals surface area contributed by atoms with Crippen molar-refractivity contribution in [1.29, 1.82) is 0 Å². The van der Waals surface area contributed by atoms with Crippen LogP contribution in [0.1, 0.15) is 99.3 Å². The summed E-state index contributed by atoms with van der Waals surface area (Å²) in [6.45, 7) is 18.5. The van der Waals surface area contributed by atoms with E-state index in [9.17, 15) is 4.79 Å². The zero-order chi connectivity index (χ0) is 20.3. The maximum absolute atomic E-state index is 13.3. The molecule has 0 aromatic carbocycles. The molecule has 0 bridgehead atoms. The Hall–Kier alpha value is -0.573. The number of carbonyl (C=O) groups excluding carboxylic acids is 1. The normalized spacial score (nSPS) is 37.5. The molecule has 0 unspecified atom stereocenters. The molecule has 0 spiro atoms. The number of ketones is 1. The van der Waals surface area contributed by atoms with Gasteiger partial charge in [0.15, 0.2) is 0 Å². The molecule has 2 fully saturated rings. The summed E-state index contributed by atoms with van der Waals surface area (Å²) in [7, 11) is -1.89. The molecule has 3 atom stereocenters. The lowest BCUT2D eigenvalue weighted by molar-refractivity contribution is -0.161. The smallest absolute Gasteiger partial charge is 0.250 e. The maximum atomic E-state index is 13.3. The van der Waals surface area contributed by atoms with Crippen molar-refractivity contribution in [3.8, 4) is 0 Å². The van der Waals surface area contributed by atoms with Crippen LogP contribution in [0.25, 0.3) is 0 Å². The van der Waals surface area contributed by atoms with E-state index in [-0.39, 0.29) is 21.3 Å². The van der Waals surface area contributed by atoms with E-state index < -0.39 is 8.32 Å². The summed E-state index contributed by atoms with van der Waals surface area (Å²) >= 11 is 0. The summed E-state index contributed by atoms with van der Waals surface area (Å²) < 4.78 is 7.02. The monoisotopic (exact) mass is 390 g/mol. The quantitative estimate of drug-likeness (QED) is 0.469. The highest BCUT2D eigenvalue weighted by molar-refractivity contribution is 6.74. The van der Waals surface area contributed by atoms with E-state index in [4.69, 9.17) is 4.43 Å². The van der Waals surface area contributed by atoms with E-state index in [0.29, 0.717) is 5.78 Å². The fourth-order valence-corrected chi connectivity index (χ4v) is 7.85. The first kappa shape index (κ1) is 21.1. The minimum absolute atomic E-state index is 0.0117. The first-order chi connectivity index (χ1) is 12.3. The van der Waals surface area contributed by atoms with Gasteiger partial charge in [-0.3, -0.25) is 4.79 Å². The van der Waals surface area contributed by atoms with Crippen LogP contribution in [0.5, 0.6) is 0 Å². The van der Waals surface area contributed by atoms with E-state index in [0.717, 1.165) is 25.7 Å². The predicted octanol–water partition coefficient (Wildman–Crippen LogP) is 7.40. The molecule has 0 N–H and O–H groups in total. The van der Waals surface area contributed by atoms with Gasteiger partial charge in [0, 0.05) is 17.3 Å². The van der Waals surface area contributed by atoms with Crippen LogP contribution in [0, 0.1) is 16.2 Å². The lowest BCUT2D eigenvalue weighted by Crippen LogP contribution is -2.61. The molecule has 0 aliphatic heterocycles. The average molecular weight is 391 g/mol. The number of allylic oxidation sites excluding steroid dienone is 2. The van der Waals surface area contributed by atoms with Gasteiger partial charge in [-0.2, -0.15) is 0 Å². The van der Waals surface area contributed by atoms with E-state index in [2.05, 4.69) is 47.7 Å². The van der Waals surface area contributed by atoms with Gasteiger partial charge < -0.3 is 4.43 Å². The predicted molar refractivity (Wildman–Crippen MR) is 116 cm³/mol. The number of rotatable bonds is 3. The fourth-order valence-electron chi connectivity index (χ4n) is 6.74. The Bertz CT molecular complexity index is 656. The van der Waals surface area contributed by atoms with Crippen LogP contribution in [0.2, 0.25) is 18.1 Å². The maximum Gasteiger partial charge on any atom is 0.250 e. The zero-order valence-electron chi connectivity index (χ0n) is 19.2. The van der Waals surface area contributed by atoms with E-state index >= 15 is 0 Å². The molecule has 27 heavy (non-hydrogen) atoms. The van der Waals surface area contributed by atoms with Crippen LogP contribution in [-0.2, 0) is 9.22 Å². The van der Waals surface area contributed by atoms with Crippen LogP contribution in [0.4, 0.5) is 0 Å². The van der Waals surface area contributed by atoms with E-state index in [1.165, 1.54) is 43.4 Å². The molecular formula is C24H42O2Si. The van der Waals surface area contributed by atoms with Gasteiger partial charge in [-0.25, -0.2) is 0 Å². The molecule has 2 saturated carbocycles. The lowest BCUT2D eigenvalue weighted by atomic mass is 9.38. The molecule has 3 rings (SSSR count). The Balaban J connectivity index is 2.18. The standard InChI is InChI=1S/C24H42O2Si/c1-18(25)24-16-12-11-14-22(24,5)17-20(26-27(7,8)21(2,3)4)19-13-9-10-15-23(19,24)6/h9-17H2,1-8H3/t22-,23+,24+/m0/s1. The van der Waals surface area contributed by atoms with Crippen molar-refractivity contribution < 1.29 is 9.22 Å². The van der Waals surface area contributed by atoms with Crippen molar-refractivity contribution in [2.45, 2.75) is 117 Å². The van der Waals surface area contributed by atoms with Gasteiger partial charge in [0.1, 0.15) is 5.78 Å². The Kier molecular flexibility index (Phi) is 5.07. The number of hydrogen-bond acceptors (Lipinski definition) is 2. The van der Waals surface area contributed by atoms with Gasteiger partial charge in [0.05, 0.1) is 5.76 Å². The summed E-state index contributed by atoms with van der Waals surface area (Å²) in [5.74, 6) is 1.74. The summed E-state index contributed by atoms with van der Waals surface area (Å²) in [5.41, 5.74) is 1.37. The summed E-state index contributed by atoms with van der Waals surface area (Å²) in [5, 5.41) is 0.203. The second-order valence-corrected chi connectivity index (χ2v) is 16.4. The third-order valence-corrected chi connectivity index (χ3v) is 13.6. The molecule has 2 nitrogen and oxygen atoms in total. The SMILES string of the molecule is CC(=O)[C@]12CCCC[C@@]1(C)CC(O[Si](C)(C)C(C)(C)C)=C1CCCC[C@]12C. The second kappa shape index (κ2) is 6.47. The number of carbonyl (C=O) groups is 1. The summed E-state index contributed by atoms with van der Waals surface area (Å²) in [6.07, 6.45) is 10.5. The largest absolute Gasteiger partial charge is 0.547 e. The van der Waals surface area contributed by atoms with Crippen molar-refractivity contribution in [3.63, 3.8) is 0 Å². The Labute approximate surface area is 168 Å². The molecule has 3 aliphatic carbocycles. The van der Waals surface area contributed by atoms with Crippen LogP contribution in [0.3, 0.4) is 0 Å². The highest BCUT2D eigenvalue weighted by Gasteiger charge is 2.66. The minimum atomic E-state index is -1.89. The van der Waals surface area contributed by atoms with Gasteiger partial charge in [-0.15, -0.1) is 0 Å². The molecule has 0 saturated heterocycles. The molecule has 0 amide bonds. The molecule has 3 heteroatoms. The van der Waals surface area contributed by atoms with Crippen molar-refractivity contribution >= 4 is 14.1 Å². The summed E-state index contributed by atoms with van der Waals surface area (Å²) in [6, 6.07) is 0. The van der Waals surface area contributed by atoms with Crippen LogP contribution < -0.4 is 0 Å². The highest BCUT2D eigenvalue weighted by Crippen LogP contribution is 2.71. The number of Topliss-reactive ketones (excluding diaryl/α,β-unsaturated/α-hetero) is 1. The Morgan fingerprint density at radius 2 is 1.59 bits per heavy atom. The van der Waals surface area contributed by atoms with Crippen LogP contribution in [0.15, 0.2) is 11.3 Å². The zero-order valence-corrected chi connectivity index (χ0v) is 20.2. The van der Waals surface area contributed by atoms with Gasteiger partial charge in [-0.1, -0.05) is 53.9 Å². The Morgan fingerprint density at radius 1 is 1.00 bits per heavy atom. The van der Waals surface area contributed by atoms with E-state index in [1.54, 1.807) is 0 Å². The molecule has 0 radical (unpaired) electrons. The second-order valence-electron chi connectivity index (χ2n) is 11.7. The molecule has 0 aromatic rings. The first-order valence-corrected chi connectivity index (χ1v) is 14.1. The molecule has 0 heterocycles. The number of fused-ring (bicyclic) bond motifs is 3. The van der Waals surface area contributed by atoms with Gasteiger partial charge in [-0.05, 0) is 68.1 Å². The molecule has 154 valence electrons. The van der Waals surface area contributed by atoms with Gasteiger partial charge in [0.25, 0.3) is 0 Å². The highest BCUT2D eigenvalue weighted by atomic mass is 28.4. The molecule has 3 aliphatic rings. The molecular weight excluding hydrogens is 348 g/mol. The molecule has 0 aromatic heterocycles. The van der Waals surface area contributed by atoms with Gasteiger partial charge >= 0.3 is 0 Å². The first-order valence-electron chi connectivity index (χ1n) is 11.2. The van der Waals surface area contributed by atoms with Crippen molar-refractivity contribution in [3.05, 3.63) is 11.3 Å². The Morgan fingerprint density at radius 3 is 2.19 bits per heavy atom. The van der Waals surface area contributed by atoms with Crippen molar-refractivity contribution in [2.24, 2.45) is 16.2 Å². The lowest BCUT2D eigenvalue weighted by Gasteiger charge is -2.65. The van der Waals surface area contributed by atoms with Crippen molar-refractivity contribution in [1.82, 2.24) is 0 Å². The van der Waals surface area contributed by atoms with Crippen molar-refractivity contribution in [2.75, 3.05) is 0 Å². The third kappa shape index (κ3) is 2.90. The third-order valence-electron chi connectivity index (χ3n) is 9.20. The minimum Gasteiger partial charge on any atom is -0.547 e. The topological polar surface area (TPSA) is 26.3 Å². The number of hydrogen-bond donors (Lipinski definition) is 0. The van der Waals surface area contributed by atoms with Gasteiger partial charge in [0.2, 0.25) is 8.32 Å². The summed E-state index contributed by atoms with van der Waals surface area (Å²) in [4.78, 5) is 13.3. The fraction of sp³-hybridized carbons (Fsp3) is 0.875. The van der Waals surface area contributed by atoms with Crippen LogP contribution in [-0.4, -0.2) is 14.1 Å².